The Morgan fingerprint density at radius 1 is 1.13 bits per heavy atom. The predicted octanol–water partition coefficient (Wildman–Crippen LogP) is 4.56. The summed E-state index contributed by atoms with van der Waals surface area (Å²) in [6.07, 6.45) is -4.46. The molecule has 2 rings (SSSR count). The van der Waals surface area contributed by atoms with Crippen molar-refractivity contribution in [2.24, 2.45) is 0 Å². The molecule has 122 valence electrons. The van der Waals surface area contributed by atoms with Crippen LogP contribution in [0, 0.1) is 12.7 Å². The minimum Gasteiger partial charge on any atom is -0.481 e. The molecule has 0 saturated carbocycles. The average molecular weight is 326 g/mol. The topological polar surface area (TPSA) is 37.3 Å². The number of alkyl halides is 3. The van der Waals surface area contributed by atoms with Crippen molar-refractivity contribution in [3.05, 3.63) is 70.5 Å². The van der Waals surface area contributed by atoms with Crippen LogP contribution < -0.4 is 0 Å². The van der Waals surface area contributed by atoms with Crippen LogP contribution in [0.15, 0.2) is 42.5 Å². The molecule has 0 amide bonds. The Kier molecular flexibility index (Phi) is 4.73. The van der Waals surface area contributed by atoms with E-state index in [9.17, 15) is 27.5 Å². The molecule has 0 radical (unpaired) electrons. The van der Waals surface area contributed by atoms with Gasteiger partial charge in [-0.3, -0.25) is 4.79 Å². The van der Waals surface area contributed by atoms with E-state index in [0.29, 0.717) is 11.1 Å². The molecule has 0 aromatic heterocycles. The summed E-state index contributed by atoms with van der Waals surface area (Å²) in [4.78, 5) is 11.4. The number of benzene rings is 2. The molecule has 1 atom stereocenters. The molecule has 0 heterocycles. The lowest BCUT2D eigenvalue weighted by Gasteiger charge is -2.14. The van der Waals surface area contributed by atoms with Crippen LogP contribution in [0.5, 0.6) is 0 Å². The molecule has 0 aliphatic rings. The van der Waals surface area contributed by atoms with E-state index in [2.05, 4.69) is 0 Å². The molecule has 2 aromatic carbocycles. The number of carboxylic acids is 1. The third kappa shape index (κ3) is 4.09. The van der Waals surface area contributed by atoms with E-state index < -0.39 is 29.4 Å². The fourth-order valence-corrected chi connectivity index (χ4v) is 2.24. The van der Waals surface area contributed by atoms with Crippen molar-refractivity contribution in [2.75, 3.05) is 0 Å². The minimum atomic E-state index is -4.44. The van der Waals surface area contributed by atoms with Gasteiger partial charge < -0.3 is 5.11 Å². The third-order valence-corrected chi connectivity index (χ3v) is 3.62. The molecule has 2 aromatic rings. The van der Waals surface area contributed by atoms with Crippen molar-refractivity contribution in [3.8, 4) is 0 Å². The summed E-state index contributed by atoms with van der Waals surface area (Å²) < 4.78 is 51.2. The van der Waals surface area contributed by atoms with E-state index >= 15 is 0 Å². The number of hydrogen-bond donors (Lipinski definition) is 1. The van der Waals surface area contributed by atoms with Gasteiger partial charge in [0, 0.05) is 0 Å². The SMILES string of the molecule is Cc1ccc(C(Cc2ccc(C(F)(F)F)cc2)C(=O)O)cc1F. The van der Waals surface area contributed by atoms with Crippen LogP contribution in [0.2, 0.25) is 0 Å². The first-order valence-corrected chi connectivity index (χ1v) is 6.83. The van der Waals surface area contributed by atoms with Crippen molar-refractivity contribution in [1.29, 1.82) is 0 Å². The molecule has 6 heteroatoms. The molecule has 0 saturated heterocycles. The summed E-state index contributed by atoms with van der Waals surface area (Å²) in [7, 11) is 0. The molecule has 1 N–H and O–H groups in total. The largest absolute Gasteiger partial charge is 0.481 e. The first kappa shape index (κ1) is 17.0. The number of rotatable bonds is 4. The highest BCUT2D eigenvalue weighted by Gasteiger charge is 2.30. The van der Waals surface area contributed by atoms with Gasteiger partial charge in [0.1, 0.15) is 5.82 Å². The fourth-order valence-electron chi connectivity index (χ4n) is 2.24. The highest BCUT2D eigenvalue weighted by molar-refractivity contribution is 5.76. The van der Waals surface area contributed by atoms with Crippen molar-refractivity contribution < 1.29 is 27.5 Å². The summed E-state index contributed by atoms with van der Waals surface area (Å²) in [5, 5.41) is 9.33. The number of hydrogen-bond acceptors (Lipinski definition) is 1. The zero-order valence-corrected chi connectivity index (χ0v) is 12.2. The average Bonchev–Trinajstić information content (AvgIpc) is 2.47. The van der Waals surface area contributed by atoms with Crippen LogP contribution in [0.3, 0.4) is 0 Å². The van der Waals surface area contributed by atoms with Crippen LogP contribution in [-0.2, 0) is 17.4 Å². The minimum absolute atomic E-state index is 0.0179. The van der Waals surface area contributed by atoms with Crippen molar-refractivity contribution in [2.45, 2.75) is 25.4 Å². The van der Waals surface area contributed by atoms with Gasteiger partial charge in [-0.05, 0) is 48.2 Å². The zero-order chi connectivity index (χ0) is 17.2. The molecule has 23 heavy (non-hydrogen) atoms. The Morgan fingerprint density at radius 2 is 1.74 bits per heavy atom. The summed E-state index contributed by atoms with van der Waals surface area (Å²) in [5.74, 6) is -2.70. The second-order valence-electron chi connectivity index (χ2n) is 5.30. The van der Waals surface area contributed by atoms with Gasteiger partial charge in [-0.25, -0.2) is 4.39 Å². The summed E-state index contributed by atoms with van der Waals surface area (Å²) in [6.45, 7) is 1.56. The van der Waals surface area contributed by atoms with Gasteiger partial charge in [0.25, 0.3) is 0 Å². The van der Waals surface area contributed by atoms with E-state index in [1.807, 2.05) is 0 Å². The van der Waals surface area contributed by atoms with E-state index in [4.69, 9.17) is 0 Å². The van der Waals surface area contributed by atoms with Gasteiger partial charge in [0.2, 0.25) is 0 Å². The number of aliphatic carboxylic acids is 1. The maximum Gasteiger partial charge on any atom is 0.416 e. The lowest BCUT2D eigenvalue weighted by Crippen LogP contribution is -2.15. The van der Waals surface area contributed by atoms with Gasteiger partial charge in [0.05, 0.1) is 11.5 Å². The van der Waals surface area contributed by atoms with Crippen LogP contribution in [0.25, 0.3) is 0 Å². The Hall–Kier alpha value is -2.37. The van der Waals surface area contributed by atoms with Gasteiger partial charge in [0.15, 0.2) is 0 Å². The molecule has 0 aliphatic carbocycles. The first-order chi connectivity index (χ1) is 10.7. The fraction of sp³-hybridized carbons (Fsp3) is 0.235. The molecular formula is C17H14F4O2. The van der Waals surface area contributed by atoms with E-state index in [1.54, 1.807) is 6.92 Å². The number of carbonyl (C=O) groups is 1. The van der Waals surface area contributed by atoms with E-state index in [0.717, 1.165) is 18.2 Å². The summed E-state index contributed by atoms with van der Waals surface area (Å²) >= 11 is 0. The molecule has 0 fully saturated rings. The standard InChI is InChI=1S/C17H14F4O2/c1-10-2-5-12(9-15(10)18)14(16(22)23)8-11-3-6-13(7-4-11)17(19,20)21/h2-7,9,14H,8H2,1H3,(H,22,23). The maximum atomic E-state index is 13.6. The van der Waals surface area contributed by atoms with Gasteiger partial charge in [-0.15, -0.1) is 0 Å². The third-order valence-electron chi connectivity index (χ3n) is 3.62. The molecule has 0 spiro atoms. The predicted molar refractivity (Wildman–Crippen MR) is 76.7 cm³/mol. The second kappa shape index (κ2) is 6.40. The van der Waals surface area contributed by atoms with Crippen molar-refractivity contribution in [1.82, 2.24) is 0 Å². The molecule has 0 aliphatic heterocycles. The number of aryl methyl sites for hydroxylation is 1. The molecular weight excluding hydrogens is 312 g/mol. The highest BCUT2D eigenvalue weighted by Crippen LogP contribution is 2.30. The highest BCUT2D eigenvalue weighted by atomic mass is 19.4. The Labute approximate surface area is 130 Å². The van der Waals surface area contributed by atoms with Crippen LogP contribution in [-0.4, -0.2) is 11.1 Å². The normalized spacial score (nSPS) is 12.9. The summed E-state index contributed by atoms with van der Waals surface area (Å²) in [6, 6.07) is 8.44. The monoisotopic (exact) mass is 326 g/mol. The molecule has 1 unspecified atom stereocenters. The lowest BCUT2D eigenvalue weighted by molar-refractivity contribution is -0.139. The Bertz CT molecular complexity index is 706. The Morgan fingerprint density at radius 3 is 2.22 bits per heavy atom. The van der Waals surface area contributed by atoms with E-state index in [1.165, 1.54) is 24.3 Å². The molecule has 2 nitrogen and oxygen atoms in total. The van der Waals surface area contributed by atoms with E-state index in [-0.39, 0.29) is 12.0 Å². The maximum absolute atomic E-state index is 13.6. The zero-order valence-electron chi connectivity index (χ0n) is 12.2. The lowest BCUT2D eigenvalue weighted by atomic mass is 9.91. The summed E-state index contributed by atoms with van der Waals surface area (Å²) in [5.41, 5.74) is 0.314. The number of halogens is 4. The van der Waals surface area contributed by atoms with Gasteiger partial charge in [-0.1, -0.05) is 24.3 Å². The van der Waals surface area contributed by atoms with Crippen LogP contribution >= 0.6 is 0 Å². The second-order valence-corrected chi connectivity index (χ2v) is 5.30. The first-order valence-electron chi connectivity index (χ1n) is 6.83. The van der Waals surface area contributed by atoms with Crippen LogP contribution in [0.1, 0.15) is 28.2 Å². The number of carboxylic acid groups (broad SMARTS) is 1. The van der Waals surface area contributed by atoms with Gasteiger partial charge in [-0.2, -0.15) is 13.2 Å². The van der Waals surface area contributed by atoms with Gasteiger partial charge >= 0.3 is 12.1 Å². The van der Waals surface area contributed by atoms with Crippen molar-refractivity contribution in [3.63, 3.8) is 0 Å². The quantitative estimate of drug-likeness (QED) is 0.836. The van der Waals surface area contributed by atoms with Crippen molar-refractivity contribution >= 4 is 5.97 Å². The molecule has 0 bridgehead atoms. The van der Waals surface area contributed by atoms with Crippen LogP contribution in [0.4, 0.5) is 17.6 Å². The Balaban J connectivity index is 2.26. The smallest absolute Gasteiger partial charge is 0.416 e.